The molecule has 1 aromatic carbocycles. The standard InChI is InChI=1S/C14H13N3OS/c1-9-16-7-12(19-9)8-17-14-13-6-11(18)3-2-10(13)4-5-15-14/h2-7,18H,8H2,1H3,(H,15,17). The van der Waals surface area contributed by atoms with Gasteiger partial charge in [-0.3, -0.25) is 0 Å². The van der Waals surface area contributed by atoms with Gasteiger partial charge in [0, 0.05) is 22.7 Å². The van der Waals surface area contributed by atoms with Crippen LogP contribution in [0.25, 0.3) is 10.8 Å². The second-order valence-corrected chi connectivity index (χ2v) is 5.58. The number of benzene rings is 1. The van der Waals surface area contributed by atoms with Gasteiger partial charge in [0.25, 0.3) is 0 Å². The number of nitrogens with zero attached hydrogens (tertiary/aromatic N) is 2. The Labute approximate surface area is 114 Å². The minimum Gasteiger partial charge on any atom is -0.508 e. The number of pyridine rings is 1. The molecule has 0 aliphatic carbocycles. The van der Waals surface area contributed by atoms with Gasteiger partial charge in [0.1, 0.15) is 11.6 Å². The molecule has 0 saturated carbocycles. The monoisotopic (exact) mass is 271 g/mol. The molecule has 3 aromatic rings. The molecule has 0 radical (unpaired) electrons. The van der Waals surface area contributed by atoms with Crippen molar-refractivity contribution in [1.82, 2.24) is 9.97 Å². The van der Waals surface area contributed by atoms with Gasteiger partial charge in [0.05, 0.1) is 11.6 Å². The summed E-state index contributed by atoms with van der Waals surface area (Å²) >= 11 is 1.66. The number of anilines is 1. The third-order valence-electron chi connectivity index (χ3n) is 2.85. The Balaban J connectivity index is 1.90. The largest absolute Gasteiger partial charge is 0.508 e. The van der Waals surface area contributed by atoms with Crippen LogP contribution in [0.3, 0.4) is 0 Å². The molecular formula is C14H13N3OS. The van der Waals surface area contributed by atoms with Crippen LogP contribution in [0.1, 0.15) is 9.88 Å². The zero-order valence-corrected chi connectivity index (χ0v) is 11.2. The Bertz CT molecular complexity index is 724. The van der Waals surface area contributed by atoms with Crippen LogP contribution in [0.2, 0.25) is 0 Å². The van der Waals surface area contributed by atoms with Crippen molar-refractivity contribution in [2.45, 2.75) is 13.5 Å². The van der Waals surface area contributed by atoms with Gasteiger partial charge in [-0.2, -0.15) is 0 Å². The SMILES string of the molecule is Cc1ncc(CNc2nccc3ccc(O)cc23)s1. The summed E-state index contributed by atoms with van der Waals surface area (Å²) in [5.74, 6) is 1.02. The Kier molecular flexibility index (Phi) is 3.05. The second-order valence-electron chi connectivity index (χ2n) is 4.26. The predicted molar refractivity (Wildman–Crippen MR) is 77.6 cm³/mol. The molecule has 0 aliphatic rings. The number of aromatic hydroxyl groups is 1. The summed E-state index contributed by atoms with van der Waals surface area (Å²) in [6.45, 7) is 2.68. The van der Waals surface area contributed by atoms with Gasteiger partial charge in [-0.05, 0) is 30.5 Å². The molecule has 0 spiro atoms. The smallest absolute Gasteiger partial charge is 0.134 e. The second kappa shape index (κ2) is 4.85. The van der Waals surface area contributed by atoms with Crippen LogP contribution in [0, 0.1) is 6.92 Å². The lowest BCUT2D eigenvalue weighted by atomic mass is 10.1. The lowest BCUT2D eigenvalue weighted by molar-refractivity contribution is 0.476. The molecule has 0 fully saturated rings. The van der Waals surface area contributed by atoms with Crippen LogP contribution in [0.15, 0.2) is 36.7 Å². The van der Waals surface area contributed by atoms with E-state index in [-0.39, 0.29) is 5.75 Å². The van der Waals surface area contributed by atoms with Crippen molar-refractivity contribution in [2.24, 2.45) is 0 Å². The number of thiazole rings is 1. The van der Waals surface area contributed by atoms with Gasteiger partial charge >= 0.3 is 0 Å². The third-order valence-corrected chi connectivity index (χ3v) is 3.76. The molecule has 5 heteroatoms. The van der Waals surface area contributed by atoms with Crippen LogP contribution in [0.4, 0.5) is 5.82 Å². The molecule has 0 aliphatic heterocycles. The minimum atomic E-state index is 0.247. The zero-order chi connectivity index (χ0) is 13.2. The van der Waals surface area contributed by atoms with Crippen molar-refractivity contribution in [3.8, 4) is 5.75 Å². The molecule has 4 nitrogen and oxygen atoms in total. The number of hydrogen-bond acceptors (Lipinski definition) is 5. The summed E-state index contributed by atoms with van der Waals surface area (Å²) in [6, 6.07) is 7.21. The molecule has 0 unspecified atom stereocenters. The van der Waals surface area contributed by atoms with Crippen LogP contribution >= 0.6 is 11.3 Å². The highest BCUT2D eigenvalue weighted by Gasteiger charge is 2.04. The fraction of sp³-hybridized carbons (Fsp3) is 0.143. The minimum absolute atomic E-state index is 0.247. The molecule has 2 aromatic heterocycles. The highest BCUT2D eigenvalue weighted by molar-refractivity contribution is 7.11. The van der Waals surface area contributed by atoms with E-state index in [0.29, 0.717) is 6.54 Å². The van der Waals surface area contributed by atoms with Gasteiger partial charge in [-0.1, -0.05) is 6.07 Å². The molecule has 19 heavy (non-hydrogen) atoms. The van der Waals surface area contributed by atoms with Crippen molar-refractivity contribution in [3.63, 3.8) is 0 Å². The lowest BCUT2D eigenvalue weighted by Gasteiger charge is -2.07. The number of hydrogen-bond donors (Lipinski definition) is 2. The summed E-state index contributed by atoms with van der Waals surface area (Å²) < 4.78 is 0. The lowest BCUT2D eigenvalue weighted by Crippen LogP contribution is -2.00. The van der Waals surface area contributed by atoms with Gasteiger partial charge < -0.3 is 10.4 Å². The molecule has 3 rings (SSSR count). The van der Waals surface area contributed by atoms with E-state index >= 15 is 0 Å². The number of aromatic nitrogens is 2. The number of rotatable bonds is 3. The fourth-order valence-corrected chi connectivity index (χ4v) is 2.69. The number of aryl methyl sites for hydroxylation is 1. The molecule has 0 atom stereocenters. The number of fused-ring (bicyclic) bond motifs is 1. The van der Waals surface area contributed by atoms with Gasteiger partial charge in [-0.15, -0.1) is 11.3 Å². The van der Waals surface area contributed by atoms with Crippen molar-refractivity contribution in [1.29, 1.82) is 0 Å². The van der Waals surface area contributed by atoms with Crippen molar-refractivity contribution >= 4 is 27.9 Å². The van der Waals surface area contributed by atoms with E-state index in [4.69, 9.17) is 0 Å². The zero-order valence-electron chi connectivity index (χ0n) is 10.4. The molecular weight excluding hydrogens is 258 g/mol. The normalized spacial score (nSPS) is 10.8. The van der Waals surface area contributed by atoms with E-state index in [1.165, 1.54) is 0 Å². The van der Waals surface area contributed by atoms with Crippen molar-refractivity contribution in [2.75, 3.05) is 5.32 Å². The van der Waals surface area contributed by atoms with E-state index in [9.17, 15) is 5.11 Å². The van der Waals surface area contributed by atoms with Crippen LogP contribution in [0.5, 0.6) is 5.75 Å². The van der Waals surface area contributed by atoms with E-state index in [0.717, 1.165) is 26.5 Å². The number of phenols is 1. The molecule has 96 valence electrons. The Morgan fingerprint density at radius 2 is 2.16 bits per heavy atom. The van der Waals surface area contributed by atoms with Crippen LogP contribution in [-0.4, -0.2) is 15.1 Å². The molecule has 0 amide bonds. The Morgan fingerprint density at radius 1 is 1.26 bits per heavy atom. The molecule has 0 bridgehead atoms. The maximum absolute atomic E-state index is 9.58. The molecule has 0 saturated heterocycles. The average Bonchev–Trinajstić information content (AvgIpc) is 2.82. The summed E-state index contributed by atoms with van der Waals surface area (Å²) in [4.78, 5) is 9.72. The first kappa shape index (κ1) is 11.9. The Hall–Kier alpha value is -2.14. The summed E-state index contributed by atoms with van der Waals surface area (Å²) in [7, 11) is 0. The van der Waals surface area contributed by atoms with Gasteiger partial charge in [-0.25, -0.2) is 9.97 Å². The highest BCUT2D eigenvalue weighted by Crippen LogP contribution is 2.25. The van der Waals surface area contributed by atoms with Crippen molar-refractivity contribution in [3.05, 3.63) is 46.5 Å². The highest BCUT2D eigenvalue weighted by atomic mass is 32.1. The van der Waals surface area contributed by atoms with E-state index in [2.05, 4.69) is 15.3 Å². The first-order valence-corrected chi connectivity index (χ1v) is 6.77. The molecule has 2 N–H and O–H groups in total. The third kappa shape index (κ3) is 2.51. The van der Waals surface area contributed by atoms with Gasteiger partial charge in [0.15, 0.2) is 0 Å². The molecule has 2 heterocycles. The first-order chi connectivity index (χ1) is 9.22. The van der Waals surface area contributed by atoms with Gasteiger partial charge in [0.2, 0.25) is 0 Å². The number of nitrogens with one attached hydrogen (secondary N) is 1. The maximum atomic E-state index is 9.58. The van der Waals surface area contributed by atoms with Crippen LogP contribution in [-0.2, 0) is 6.54 Å². The van der Waals surface area contributed by atoms with E-state index in [1.54, 1.807) is 29.7 Å². The first-order valence-electron chi connectivity index (χ1n) is 5.95. The predicted octanol–water partition coefficient (Wildman–Crippen LogP) is 3.32. The Morgan fingerprint density at radius 3 is 2.95 bits per heavy atom. The summed E-state index contributed by atoms with van der Waals surface area (Å²) in [5.41, 5.74) is 0. The number of phenolic OH excluding ortho intramolecular Hbond substituents is 1. The average molecular weight is 271 g/mol. The van der Waals surface area contributed by atoms with Crippen LogP contribution < -0.4 is 5.32 Å². The fourth-order valence-electron chi connectivity index (χ4n) is 1.96. The van der Waals surface area contributed by atoms with Crippen molar-refractivity contribution < 1.29 is 5.11 Å². The quantitative estimate of drug-likeness (QED) is 0.767. The van der Waals surface area contributed by atoms with E-state index < -0.39 is 0 Å². The summed E-state index contributed by atoms with van der Waals surface area (Å²) in [5, 5.41) is 15.9. The topological polar surface area (TPSA) is 58.0 Å². The summed E-state index contributed by atoms with van der Waals surface area (Å²) in [6.07, 6.45) is 3.63. The van der Waals surface area contributed by atoms with E-state index in [1.807, 2.05) is 25.3 Å². The maximum Gasteiger partial charge on any atom is 0.134 e.